The lowest BCUT2D eigenvalue weighted by molar-refractivity contribution is -0.176. The molecule has 0 atom stereocenters. The van der Waals surface area contributed by atoms with Gasteiger partial charge in [0, 0.05) is 0 Å². The normalized spacial score (nSPS) is 11.4. The Morgan fingerprint density at radius 1 is 0.750 bits per heavy atom. The minimum Gasteiger partial charge on any atom is -0.455 e. The average Bonchev–Trinajstić information content (AvgIpc) is 2.11. The summed E-state index contributed by atoms with van der Waals surface area (Å²) in [7, 11) is 0. The fraction of sp³-hybridized carbons (Fsp3) is 0.833. The fourth-order valence-electron chi connectivity index (χ4n) is 1.48. The minimum absolute atomic E-state index is 0.177. The van der Waals surface area contributed by atoms with E-state index in [4.69, 9.17) is 9.47 Å². The topological polar surface area (TPSA) is 52.6 Å². The number of carbonyl (C=O) groups is 2. The Hall–Kier alpha value is -1.06. The van der Waals surface area contributed by atoms with E-state index in [1.165, 1.54) is 0 Å². The standard InChI is InChI=1S/C12H22O4/c1-7(2)10(8(3)4)16-12(14)11(13)15-9(5)6/h7-10H,1-6H3. The Morgan fingerprint density at radius 2 is 1.12 bits per heavy atom. The molecule has 0 heterocycles. The van der Waals surface area contributed by atoms with Crippen LogP contribution >= 0.6 is 0 Å². The quantitative estimate of drug-likeness (QED) is 0.548. The van der Waals surface area contributed by atoms with Crippen LogP contribution in [0.5, 0.6) is 0 Å². The van der Waals surface area contributed by atoms with Gasteiger partial charge in [-0.25, -0.2) is 9.59 Å². The average molecular weight is 230 g/mol. The molecule has 0 aliphatic heterocycles. The zero-order valence-corrected chi connectivity index (χ0v) is 10.9. The van der Waals surface area contributed by atoms with Crippen molar-refractivity contribution in [3.63, 3.8) is 0 Å². The van der Waals surface area contributed by atoms with E-state index in [9.17, 15) is 9.59 Å². The molecule has 0 aliphatic rings. The first-order valence-electron chi connectivity index (χ1n) is 5.67. The molecular weight excluding hydrogens is 208 g/mol. The van der Waals surface area contributed by atoms with Gasteiger partial charge in [-0.2, -0.15) is 0 Å². The Morgan fingerprint density at radius 3 is 1.44 bits per heavy atom. The van der Waals surface area contributed by atoms with E-state index < -0.39 is 11.9 Å². The van der Waals surface area contributed by atoms with Gasteiger partial charge >= 0.3 is 11.9 Å². The van der Waals surface area contributed by atoms with E-state index >= 15 is 0 Å². The lowest BCUT2D eigenvalue weighted by atomic mass is 9.96. The van der Waals surface area contributed by atoms with Crippen LogP contribution in [0.3, 0.4) is 0 Å². The number of hydrogen-bond donors (Lipinski definition) is 0. The summed E-state index contributed by atoms with van der Waals surface area (Å²) in [6.07, 6.45) is -0.566. The van der Waals surface area contributed by atoms with Crippen molar-refractivity contribution < 1.29 is 19.1 Å². The number of rotatable bonds is 4. The second-order valence-corrected chi connectivity index (χ2v) is 4.81. The van der Waals surface area contributed by atoms with Crippen LogP contribution in [0.1, 0.15) is 41.5 Å². The molecule has 94 valence electrons. The van der Waals surface area contributed by atoms with E-state index in [-0.39, 0.29) is 24.0 Å². The molecule has 4 heteroatoms. The molecular formula is C12H22O4. The van der Waals surface area contributed by atoms with E-state index in [0.717, 1.165) is 0 Å². The maximum Gasteiger partial charge on any atom is 0.417 e. The van der Waals surface area contributed by atoms with E-state index in [1.807, 2.05) is 27.7 Å². The van der Waals surface area contributed by atoms with Gasteiger partial charge in [-0.15, -0.1) is 0 Å². The Balaban J connectivity index is 4.35. The first kappa shape index (κ1) is 14.9. The van der Waals surface area contributed by atoms with Gasteiger partial charge in [-0.1, -0.05) is 27.7 Å². The van der Waals surface area contributed by atoms with Crippen molar-refractivity contribution in [3.05, 3.63) is 0 Å². The molecule has 0 bridgehead atoms. The maximum atomic E-state index is 11.4. The fourth-order valence-corrected chi connectivity index (χ4v) is 1.48. The lowest BCUT2D eigenvalue weighted by Gasteiger charge is -2.24. The smallest absolute Gasteiger partial charge is 0.417 e. The van der Waals surface area contributed by atoms with Gasteiger partial charge in [0.25, 0.3) is 0 Å². The number of ether oxygens (including phenoxy) is 2. The molecule has 4 nitrogen and oxygen atoms in total. The van der Waals surface area contributed by atoms with Crippen LogP contribution in [0.2, 0.25) is 0 Å². The van der Waals surface area contributed by atoms with Crippen LogP contribution in [0.15, 0.2) is 0 Å². The molecule has 0 radical (unpaired) electrons. The Kier molecular flexibility index (Phi) is 6.08. The predicted molar refractivity (Wildman–Crippen MR) is 60.8 cm³/mol. The van der Waals surface area contributed by atoms with Gasteiger partial charge in [0.2, 0.25) is 0 Å². The van der Waals surface area contributed by atoms with Gasteiger partial charge in [-0.3, -0.25) is 0 Å². The van der Waals surface area contributed by atoms with Crippen molar-refractivity contribution in [2.45, 2.75) is 53.8 Å². The van der Waals surface area contributed by atoms with Crippen LogP contribution < -0.4 is 0 Å². The van der Waals surface area contributed by atoms with Crippen LogP contribution in [0.25, 0.3) is 0 Å². The summed E-state index contributed by atoms with van der Waals surface area (Å²) in [6.45, 7) is 11.2. The summed E-state index contributed by atoms with van der Waals surface area (Å²) in [6, 6.07) is 0. The minimum atomic E-state index is -0.915. The highest BCUT2D eigenvalue weighted by atomic mass is 16.6. The summed E-state index contributed by atoms with van der Waals surface area (Å²) in [5, 5.41) is 0. The van der Waals surface area contributed by atoms with Crippen molar-refractivity contribution >= 4 is 11.9 Å². The molecule has 0 amide bonds. The van der Waals surface area contributed by atoms with Crippen molar-refractivity contribution in [3.8, 4) is 0 Å². The van der Waals surface area contributed by atoms with Gasteiger partial charge in [0.15, 0.2) is 0 Å². The molecule has 16 heavy (non-hydrogen) atoms. The third-order valence-corrected chi connectivity index (χ3v) is 2.07. The second-order valence-electron chi connectivity index (χ2n) is 4.81. The highest BCUT2D eigenvalue weighted by molar-refractivity contribution is 6.29. The highest BCUT2D eigenvalue weighted by Gasteiger charge is 2.27. The van der Waals surface area contributed by atoms with Crippen molar-refractivity contribution in [2.75, 3.05) is 0 Å². The third kappa shape index (κ3) is 5.14. The number of hydrogen-bond acceptors (Lipinski definition) is 4. The molecule has 0 unspecified atom stereocenters. The summed E-state index contributed by atoms with van der Waals surface area (Å²) >= 11 is 0. The largest absolute Gasteiger partial charge is 0.455 e. The SMILES string of the molecule is CC(C)OC(=O)C(=O)OC(C(C)C)C(C)C. The van der Waals surface area contributed by atoms with E-state index in [2.05, 4.69) is 0 Å². The summed E-state index contributed by atoms with van der Waals surface area (Å²) in [5.74, 6) is -1.46. The molecule has 0 aromatic carbocycles. The van der Waals surface area contributed by atoms with Crippen LogP contribution in [-0.2, 0) is 19.1 Å². The highest BCUT2D eigenvalue weighted by Crippen LogP contribution is 2.16. The Labute approximate surface area is 97.3 Å². The maximum absolute atomic E-state index is 11.4. The molecule has 0 aromatic heterocycles. The summed E-state index contributed by atoms with van der Waals surface area (Å²) in [5.41, 5.74) is 0. The predicted octanol–water partition coefficient (Wildman–Crippen LogP) is 2.16. The van der Waals surface area contributed by atoms with Crippen LogP contribution in [-0.4, -0.2) is 24.1 Å². The van der Waals surface area contributed by atoms with Crippen LogP contribution in [0.4, 0.5) is 0 Å². The zero-order valence-electron chi connectivity index (χ0n) is 10.9. The monoisotopic (exact) mass is 230 g/mol. The summed E-state index contributed by atoms with van der Waals surface area (Å²) < 4.78 is 9.88. The van der Waals surface area contributed by atoms with Crippen molar-refractivity contribution in [1.29, 1.82) is 0 Å². The summed E-state index contributed by atoms with van der Waals surface area (Å²) in [4.78, 5) is 22.6. The van der Waals surface area contributed by atoms with Crippen molar-refractivity contribution in [2.24, 2.45) is 11.8 Å². The molecule has 0 N–H and O–H groups in total. The number of esters is 2. The van der Waals surface area contributed by atoms with Gasteiger partial charge in [-0.05, 0) is 25.7 Å². The Bertz CT molecular complexity index is 235. The first-order chi connectivity index (χ1) is 7.25. The van der Waals surface area contributed by atoms with Gasteiger partial charge in [0.05, 0.1) is 6.10 Å². The van der Waals surface area contributed by atoms with E-state index in [0.29, 0.717) is 0 Å². The molecule has 0 spiro atoms. The number of carbonyl (C=O) groups excluding carboxylic acids is 2. The third-order valence-electron chi connectivity index (χ3n) is 2.07. The van der Waals surface area contributed by atoms with Gasteiger partial charge in [0.1, 0.15) is 6.10 Å². The molecule has 0 rings (SSSR count). The molecule has 0 aromatic rings. The molecule has 0 fully saturated rings. The first-order valence-corrected chi connectivity index (χ1v) is 5.67. The lowest BCUT2D eigenvalue weighted by Crippen LogP contribution is -2.33. The second kappa shape index (κ2) is 6.51. The molecule has 0 aliphatic carbocycles. The van der Waals surface area contributed by atoms with Crippen LogP contribution in [0, 0.1) is 11.8 Å². The molecule has 0 saturated carbocycles. The molecule has 0 saturated heterocycles. The van der Waals surface area contributed by atoms with Gasteiger partial charge < -0.3 is 9.47 Å². The van der Waals surface area contributed by atoms with Crippen molar-refractivity contribution in [1.82, 2.24) is 0 Å². The van der Waals surface area contributed by atoms with E-state index in [1.54, 1.807) is 13.8 Å². The zero-order chi connectivity index (χ0) is 12.9.